The van der Waals surface area contributed by atoms with Crippen molar-refractivity contribution in [2.75, 3.05) is 13.6 Å². The normalized spacial score (nSPS) is 10.8. The molecule has 0 atom stereocenters. The SMILES string of the molecule is CCN(C)C(=O)Cn1ccc2cc(Br)ccc21. The molecular weight excluding hydrogens is 280 g/mol. The molecule has 0 bridgehead atoms. The highest BCUT2D eigenvalue weighted by atomic mass is 79.9. The van der Waals surface area contributed by atoms with Crippen molar-refractivity contribution in [3.8, 4) is 0 Å². The molecule has 0 aliphatic carbocycles. The molecule has 2 rings (SSSR count). The van der Waals surface area contributed by atoms with Crippen molar-refractivity contribution in [2.45, 2.75) is 13.5 Å². The van der Waals surface area contributed by atoms with Crippen LogP contribution in [0.15, 0.2) is 34.9 Å². The average molecular weight is 295 g/mol. The zero-order valence-electron chi connectivity index (χ0n) is 9.98. The number of likely N-dealkylation sites (N-methyl/N-ethyl adjacent to an activating group) is 1. The fraction of sp³-hybridized carbons (Fsp3) is 0.308. The first kappa shape index (κ1) is 12.2. The molecule has 2 aromatic rings. The Morgan fingerprint density at radius 3 is 2.88 bits per heavy atom. The summed E-state index contributed by atoms with van der Waals surface area (Å²) in [6.45, 7) is 3.11. The smallest absolute Gasteiger partial charge is 0.242 e. The number of nitrogens with zero attached hydrogens (tertiary/aromatic N) is 2. The lowest BCUT2D eigenvalue weighted by molar-refractivity contribution is -0.130. The summed E-state index contributed by atoms with van der Waals surface area (Å²) in [6, 6.07) is 8.10. The Balaban J connectivity index is 2.28. The van der Waals surface area contributed by atoms with Crippen molar-refractivity contribution < 1.29 is 4.79 Å². The lowest BCUT2D eigenvalue weighted by Crippen LogP contribution is -2.29. The van der Waals surface area contributed by atoms with E-state index in [2.05, 4.69) is 22.0 Å². The Morgan fingerprint density at radius 1 is 1.41 bits per heavy atom. The van der Waals surface area contributed by atoms with Crippen molar-refractivity contribution in [2.24, 2.45) is 0 Å². The summed E-state index contributed by atoms with van der Waals surface area (Å²) < 4.78 is 3.04. The van der Waals surface area contributed by atoms with E-state index in [4.69, 9.17) is 0 Å². The Bertz CT molecular complexity index is 547. The highest BCUT2D eigenvalue weighted by Gasteiger charge is 2.09. The molecule has 3 nitrogen and oxygen atoms in total. The van der Waals surface area contributed by atoms with Crippen LogP contribution in [0.1, 0.15) is 6.92 Å². The summed E-state index contributed by atoms with van der Waals surface area (Å²) in [5.74, 6) is 0.132. The third-order valence-corrected chi connectivity index (χ3v) is 3.43. The first-order valence-electron chi connectivity index (χ1n) is 5.60. The van der Waals surface area contributed by atoms with Gasteiger partial charge in [0.1, 0.15) is 6.54 Å². The summed E-state index contributed by atoms with van der Waals surface area (Å²) in [7, 11) is 1.82. The second-order valence-corrected chi connectivity index (χ2v) is 4.97. The standard InChI is InChI=1S/C13H15BrN2O/c1-3-15(2)13(17)9-16-7-6-10-8-11(14)4-5-12(10)16/h4-8H,3,9H2,1-2H3. The summed E-state index contributed by atoms with van der Waals surface area (Å²) in [5, 5.41) is 1.14. The molecule has 0 fully saturated rings. The van der Waals surface area contributed by atoms with Crippen LogP contribution >= 0.6 is 15.9 Å². The third-order valence-electron chi connectivity index (χ3n) is 2.94. The number of benzene rings is 1. The zero-order valence-corrected chi connectivity index (χ0v) is 11.6. The average Bonchev–Trinajstić information content (AvgIpc) is 2.70. The summed E-state index contributed by atoms with van der Waals surface area (Å²) >= 11 is 3.44. The molecule has 1 aromatic carbocycles. The molecule has 0 spiro atoms. The van der Waals surface area contributed by atoms with Crippen LogP contribution in [0.4, 0.5) is 0 Å². The lowest BCUT2D eigenvalue weighted by Gasteiger charge is -2.15. The highest BCUT2D eigenvalue weighted by molar-refractivity contribution is 9.10. The Labute approximate surface area is 109 Å². The minimum absolute atomic E-state index is 0.132. The van der Waals surface area contributed by atoms with Crippen molar-refractivity contribution in [1.82, 2.24) is 9.47 Å². The van der Waals surface area contributed by atoms with E-state index < -0.39 is 0 Å². The van der Waals surface area contributed by atoms with E-state index in [0.29, 0.717) is 6.54 Å². The van der Waals surface area contributed by atoms with Gasteiger partial charge in [0.2, 0.25) is 5.91 Å². The van der Waals surface area contributed by atoms with Gasteiger partial charge >= 0.3 is 0 Å². The van der Waals surface area contributed by atoms with E-state index >= 15 is 0 Å². The van der Waals surface area contributed by atoms with Gasteiger partial charge in [0, 0.05) is 35.2 Å². The van der Waals surface area contributed by atoms with Crippen LogP contribution in [0.25, 0.3) is 10.9 Å². The van der Waals surface area contributed by atoms with E-state index in [1.165, 1.54) is 0 Å². The van der Waals surface area contributed by atoms with Gasteiger partial charge in [-0.15, -0.1) is 0 Å². The van der Waals surface area contributed by atoms with Crippen molar-refractivity contribution in [1.29, 1.82) is 0 Å². The monoisotopic (exact) mass is 294 g/mol. The lowest BCUT2D eigenvalue weighted by atomic mass is 10.2. The molecule has 17 heavy (non-hydrogen) atoms. The maximum absolute atomic E-state index is 11.8. The molecule has 0 radical (unpaired) electrons. The maximum atomic E-state index is 11.8. The van der Waals surface area contributed by atoms with Crippen LogP contribution in [-0.4, -0.2) is 29.0 Å². The third kappa shape index (κ3) is 2.52. The maximum Gasteiger partial charge on any atom is 0.242 e. The first-order chi connectivity index (χ1) is 8.11. The second kappa shape index (κ2) is 4.92. The van der Waals surface area contributed by atoms with Crippen LogP contribution in [0.3, 0.4) is 0 Å². The van der Waals surface area contributed by atoms with Crippen LogP contribution in [-0.2, 0) is 11.3 Å². The van der Waals surface area contributed by atoms with Crippen LogP contribution in [0.5, 0.6) is 0 Å². The van der Waals surface area contributed by atoms with E-state index in [1.807, 2.05) is 42.9 Å². The number of carbonyl (C=O) groups excluding carboxylic acids is 1. The minimum atomic E-state index is 0.132. The fourth-order valence-corrected chi connectivity index (χ4v) is 2.13. The molecular formula is C13H15BrN2O. The molecule has 4 heteroatoms. The van der Waals surface area contributed by atoms with Crippen molar-refractivity contribution in [3.63, 3.8) is 0 Å². The molecule has 90 valence electrons. The largest absolute Gasteiger partial charge is 0.344 e. The Morgan fingerprint density at radius 2 is 2.18 bits per heavy atom. The summed E-state index contributed by atoms with van der Waals surface area (Å²) in [4.78, 5) is 13.6. The van der Waals surface area contributed by atoms with Gasteiger partial charge in [-0.25, -0.2) is 0 Å². The topological polar surface area (TPSA) is 25.2 Å². The van der Waals surface area contributed by atoms with E-state index in [9.17, 15) is 4.79 Å². The number of amides is 1. The van der Waals surface area contributed by atoms with E-state index in [1.54, 1.807) is 4.90 Å². The Kier molecular flexibility index (Phi) is 3.52. The second-order valence-electron chi connectivity index (χ2n) is 4.05. The van der Waals surface area contributed by atoms with Gasteiger partial charge in [-0.2, -0.15) is 0 Å². The van der Waals surface area contributed by atoms with Crippen LogP contribution in [0.2, 0.25) is 0 Å². The minimum Gasteiger partial charge on any atom is -0.344 e. The Hall–Kier alpha value is -1.29. The van der Waals surface area contributed by atoms with Gasteiger partial charge in [0.05, 0.1) is 0 Å². The van der Waals surface area contributed by atoms with Crippen molar-refractivity contribution in [3.05, 3.63) is 34.9 Å². The van der Waals surface area contributed by atoms with Gasteiger partial charge in [0.25, 0.3) is 0 Å². The van der Waals surface area contributed by atoms with Crippen LogP contribution in [0, 0.1) is 0 Å². The van der Waals surface area contributed by atoms with Gasteiger partial charge in [0.15, 0.2) is 0 Å². The molecule has 0 N–H and O–H groups in total. The van der Waals surface area contributed by atoms with E-state index in [0.717, 1.165) is 21.9 Å². The molecule has 0 aliphatic rings. The number of hydrogen-bond acceptors (Lipinski definition) is 1. The van der Waals surface area contributed by atoms with Gasteiger partial charge in [-0.3, -0.25) is 4.79 Å². The molecule has 1 aromatic heterocycles. The zero-order chi connectivity index (χ0) is 12.4. The predicted molar refractivity (Wildman–Crippen MR) is 72.9 cm³/mol. The summed E-state index contributed by atoms with van der Waals surface area (Å²) in [6.07, 6.45) is 1.96. The molecule has 0 saturated heterocycles. The fourth-order valence-electron chi connectivity index (χ4n) is 1.75. The molecule has 0 unspecified atom stereocenters. The number of carbonyl (C=O) groups is 1. The number of fused-ring (bicyclic) bond motifs is 1. The van der Waals surface area contributed by atoms with Gasteiger partial charge in [-0.05, 0) is 31.2 Å². The van der Waals surface area contributed by atoms with Gasteiger partial charge < -0.3 is 9.47 Å². The number of halogens is 1. The predicted octanol–water partition coefficient (Wildman–Crippen LogP) is 2.88. The van der Waals surface area contributed by atoms with Crippen LogP contribution < -0.4 is 0 Å². The molecule has 0 aliphatic heterocycles. The molecule has 0 saturated carbocycles. The molecule has 1 amide bonds. The number of aromatic nitrogens is 1. The van der Waals surface area contributed by atoms with Crippen molar-refractivity contribution >= 4 is 32.7 Å². The highest BCUT2D eigenvalue weighted by Crippen LogP contribution is 2.20. The van der Waals surface area contributed by atoms with Gasteiger partial charge in [-0.1, -0.05) is 15.9 Å². The quantitative estimate of drug-likeness (QED) is 0.854. The number of rotatable bonds is 3. The first-order valence-corrected chi connectivity index (χ1v) is 6.39. The summed E-state index contributed by atoms with van der Waals surface area (Å²) in [5.41, 5.74) is 1.09. The number of hydrogen-bond donors (Lipinski definition) is 0. The van der Waals surface area contributed by atoms with E-state index in [-0.39, 0.29) is 5.91 Å². The molecule has 1 heterocycles.